The van der Waals surface area contributed by atoms with Gasteiger partial charge in [-0.2, -0.15) is 4.98 Å². The van der Waals surface area contributed by atoms with E-state index in [1.807, 2.05) is 6.07 Å². The summed E-state index contributed by atoms with van der Waals surface area (Å²) in [7, 11) is 3.36. The van der Waals surface area contributed by atoms with Crippen LogP contribution in [-0.4, -0.2) is 95.0 Å². The molecule has 2 N–H and O–H groups in total. The Hall–Kier alpha value is -3.93. The maximum Gasteiger partial charge on any atom is 0.259 e. The monoisotopic (exact) mass is 523 g/mol. The number of amides is 1. The van der Waals surface area contributed by atoms with Crippen LogP contribution in [0.15, 0.2) is 30.7 Å². The van der Waals surface area contributed by atoms with Crippen molar-refractivity contribution in [3.05, 3.63) is 30.7 Å². The summed E-state index contributed by atoms with van der Waals surface area (Å²) in [6, 6.07) is 3.80. The van der Waals surface area contributed by atoms with Gasteiger partial charge in [-0.3, -0.25) is 9.78 Å². The first kappa shape index (κ1) is 25.7. The molecule has 0 bridgehead atoms. The molecule has 3 aromatic heterocycles. The highest BCUT2D eigenvalue weighted by atomic mass is 16.5. The van der Waals surface area contributed by atoms with Crippen LogP contribution in [0, 0.1) is 0 Å². The summed E-state index contributed by atoms with van der Waals surface area (Å²) in [6.45, 7) is 2.78. The third-order valence-corrected chi connectivity index (χ3v) is 6.73. The standard InChI is InChI=1S/C26H33N7O5/c1-32(2)24(35)16-37-20-14-28-26(29-15-20)30-17-3-5-19(6-4-17)38-25-21-11-18(34)13-27-22(21)12-23(31-25)33-7-9-36-10-8-33/h11-15,17,19,34H,3-10,16H2,1-2H3,(H,28,29,30)/t17-,19+. The number of rotatable bonds is 8. The molecule has 1 saturated carbocycles. The van der Waals surface area contributed by atoms with Crippen molar-refractivity contribution in [3.8, 4) is 17.4 Å². The molecule has 5 rings (SSSR count). The van der Waals surface area contributed by atoms with Crippen molar-refractivity contribution in [3.63, 3.8) is 0 Å². The Kier molecular flexibility index (Phi) is 7.87. The number of fused-ring (bicyclic) bond motifs is 1. The number of hydrogen-bond acceptors (Lipinski definition) is 11. The summed E-state index contributed by atoms with van der Waals surface area (Å²) in [5, 5.41) is 14.1. The maximum atomic E-state index is 11.7. The summed E-state index contributed by atoms with van der Waals surface area (Å²) in [4.78, 5) is 33.2. The molecule has 0 unspecified atom stereocenters. The van der Waals surface area contributed by atoms with Gasteiger partial charge in [-0.15, -0.1) is 0 Å². The van der Waals surface area contributed by atoms with E-state index in [9.17, 15) is 9.90 Å². The van der Waals surface area contributed by atoms with Gasteiger partial charge in [0.2, 0.25) is 11.8 Å². The lowest BCUT2D eigenvalue weighted by atomic mass is 9.93. The first-order valence-electron chi connectivity index (χ1n) is 12.9. The van der Waals surface area contributed by atoms with Crippen LogP contribution >= 0.6 is 0 Å². The van der Waals surface area contributed by atoms with Crippen LogP contribution in [0.5, 0.6) is 17.4 Å². The molecule has 12 heteroatoms. The molecule has 1 aliphatic carbocycles. The highest BCUT2D eigenvalue weighted by molar-refractivity contribution is 5.87. The van der Waals surface area contributed by atoms with Crippen LogP contribution < -0.4 is 19.7 Å². The van der Waals surface area contributed by atoms with Crippen molar-refractivity contribution in [2.24, 2.45) is 0 Å². The highest BCUT2D eigenvalue weighted by Gasteiger charge is 2.25. The number of likely N-dealkylation sites (N-methyl/N-ethyl adjacent to an activating group) is 1. The average molecular weight is 524 g/mol. The number of morpholine rings is 1. The smallest absolute Gasteiger partial charge is 0.259 e. The number of carbonyl (C=O) groups excluding carboxylic acids is 1. The summed E-state index contributed by atoms with van der Waals surface area (Å²) in [6.07, 6.45) is 8.00. The quantitative estimate of drug-likeness (QED) is 0.450. The van der Waals surface area contributed by atoms with Crippen molar-refractivity contribution in [2.75, 3.05) is 57.2 Å². The highest BCUT2D eigenvalue weighted by Crippen LogP contribution is 2.33. The van der Waals surface area contributed by atoms with Crippen LogP contribution in [0.25, 0.3) is 10.9 Å². The summed E-state index contributed by atoms with van der Waals surface area (Å²) in [5.74, 6) is 2.22. The Labute approximate surface area is 221 Å². The van der Waals surface area contributed by atoms with Gasteiger partial charge in [0.15, 0.2) is 12.4 Å². The Morgan fingerprint density at radius 3 is 2.55 bits per heavy atom. The lowest BCUT2D eigenvalue weighted by molar-refractivity contribution is -0.130. The fourth-order valence-corrected chi connectivity index (χ4v) is 4.52. The second-order valence-electron chi connectivity index (χ2n) is 9.70. The van der Waals surface area contributed by atoms with E-state index in [4.69, 9.17) is 19.2 Å². The number of nitrogens with one attached hydrogen (secondary N) is 1. The molecule has 1 aliphatic heterocycles. The average Bonchev–Trinajstić information content (AvgIpc) is 2.94. The van der Waals surface area contributed by atoms with Gasteiger partial charge in [-0.25, -0.2) is 9.97 Å². The molecule has 3 aromatic rings. The number of hydrogen-bond donors (Lipinski definition) is 2. The van der Waals surface area contributed by atoms with Gasteiger partial charge >= 0.3 is 0 Å². The van der Waals surface area contributed by atoms with E-state index in [1.54, 1.807) is 32.6 Å². The molecule has 38 heavy (non-hydrogen) atoms. The fraction of sp³-hybridized carbons (Fsp3) is 0.500. The van der Waals surface area contributed by atoms with E-state index >= 15 is 0 Å². The minimum atomic E-state index is -0.129. The Morgan fingerprint density at radius 2 is 1.84 bits per heavy atom. The van der Waals surface area contributed by atoms with E-state index < -0.39 is 0 Å². The number of nitrogens with zero attached hydrogens (tertiary/aromatic N) is 6. The second kappa shape index (κ2) is 11.6. The number of aromatic hydroxyl groups is 1. The molecule has 0 aromatic carbocycles. The molecule has 202 valence electrons. The minimum Gasteiger partial charge on any atom is -0.506 e. The largest absolute Gasteiger partial charge is 0.506 e. The van der Waals surface area contributed by atoms with Crippen LogP contribution in [-0.2, 0) is 9.53 Å². The van der Waals surface area contributed by atoms with E-state index in [0.29, 0.717) is 36.2 Å². The Bertz CT molecular complexity index is 1240. The lowest BCUT2D eigenvalue weighted by Gasteiger charge is -2.31. The molecular weight excluding hydrogens is 490 g/mol. The van der Waals surface area contributed by atoms with Crippen LogP contribution in [0.1, 0.15) is 25.7 Å². The van der Waals surface area contributed by atoms with Gasteiger partial charge in [0, 0.05) is 39.3 Å². The normalized spacial score (nSPS) is 19.7. The predicted octanol–water partition coefficient (Wildman–Crippen LogP) is 2.23. The van der Waals surface area contributed by atoms with Gasteiger partial charge in [0.05, 0.1) is 42.7 Å². The van der Waals surface area contributed by atoms with Gasteiger partial charge in [-0.1, -0.05) is 0 Å². The van der Waals surface area contributed by atoms with Crippen LogP contribution in [0.3, 0.4) is 0 Å². The Balaban J connectivity index is 1.18. The minimum absolute atomic E-state index is 0.00281. The van der Waals surface area contributed by atoms with Crippen molar-refractivity contribution in [2.45, 2.75) is 37.8 Å². The van der Waals surface area contributed by atoms with Crippen molar-refractivity contribution >= 4 is 28.6 Å². The summed E-state index contributed by atoms with van der Waals surface area (Å²) < 4.78 is 17.3. The SMILES string of the molecule is CN(C)C(=O)COc1cnc(N[C@H]2CC[C@@H](Oc3nc(N4CCOCC4)cc4ncc(O)cc34)CC2)nc1. The molecular formula is C26H33N7O5. The number of anilines is 2. The maximum absolute atomic E-state index is 11.7. The van der Waals surface area contributed by atoms with E-state index in [0.717, 1.165) is 50.1 Å². The van der Waals surface area contributed by atoms with Crippen LogP contribution in [0.2, 0.25) is 0 Å². The first-order valence-corrected chi connectivity index (χ1v) is 12.9. The van der Waals surface area contributed by atoms with Crippen molar-refractivity contribution in [1.29, 1.82) is 0 Å². The molecule has 4 heterocycles. The molecule has 0 radical (unpaired) electrons. The molecule has 12 nitrogen and oxygen atoms in total. The predicted molar refractivity (Wildman–Crippen MR) is 141 cm³/mol. The van der Waals surface area contributed by atoms with Gasteiger partial charge in [0.25, 0.3) is 5.91 Å². The second-order valence-corrected chi connectivity index (χ2v) is 9.70. The fourth-order valence-electron chi connectivity index (χ4n) is 4.52. The summed E-state index contributed by atoms with van der Waals surface area (Å²) in [5.41, 5.74) is 0.736. The van der Waals surface area contributed by atoms with Gasteiger partial charge < -0.3 is 34.4 Å². The number of aromatic nitrogens is 4. The molecule has 1 saturated heterocycles. The Morgan fingerprint density at radius 1 is 1.11 bits per heavy atom. The van der Waals surface area contributed by atoms with Crippen molar-refractivity contribution in [1.82, 2.24) is 24.8 Å². The number of pyridine rings is 2. The van der Waals surface area contributed by atoms with Crippen LogP contribution in [0.4, 0.5) is 11.8 Å². The lowest BCUT2D eigenvalue weighted by Crippen LogP contribution is -2.37. The van der Waals surface area contributed by atoms with E-state index in [1.165, 1.54) is 11.1 Å². The summed E-state index contributed by atoms with van der Waals surface area (Å²) >= 11 is 0. The topological polar surface area (TPSA) is 135 Å². The molecule has 2 fully saturated rings. The van der Waals surface area contributed by atoms with Gasteiger partial charge in [0.1, 0.15) is 17.7 Å². The number of ether oxygens (including phenoxy) is 3. The zero-order chi connectivity index (χ0) is 26.5. The molecule has 1 amide bonds. The third-order valence-electron chi connectivity index (χ3n) is 6.73. The molecule has 2 aliphatic rings. The molecule has 0 spiro atoms. The first-order chi connectivity index (χ1) is 18.4. The zero-order valence-corrected chi connectivity index (χ0v) is 21.7. The number of carbonyl (C=O) groups is 1. The van der Waals surface area contributed by atoms with Crippen molar-refractivity contribution < 1.29 is 24.1 Å². The molecule has 0 atom stereocenters. The zero-order valence-electron chi connectivity index (χ0n) is 21.7. The van der Waals surface area contributed by atoms with E-state index in [2.05, 4.69) is 25.2 Å². The van der Waals surface area contributed by atoms with Gasteiger partial charge in [-0.05, 0) is 31.7 Å². The van der Waals surface area contributed by atoms with E-state index in [-0.39, 0.29) is 30.4 Å². The third kappa shape index (κ3) is 6.31.